The Hall–Kier alpha value is -2.31. The first-order valence-corrected chi connectivity index (χ1v) is 6.10. The number of aromatic nitrogens is 1. The Morgan fingerprint density at radius 3 is 2.50 bits per heavy atom. The van der Waals surface area contributed by atoms with Crippen molar-refractivity contribution in [3.05, 3.63) is 27.7 Å². The van der Waals surface area contributed by atoms with E-state index in [4.69, 9.17) is 5.73 Å². The molecular weight excluding hydrogens is 264 g/mol. The van der Waals surface area contributed by atoms with Crippen LogP contribution in [-0.2, 0) is 9.53 Å². The molecule has 1 unspecified atom stereocenters. The summed E-state index contributed by atoms with van der Waals surface area (Å²) in [7, 11) is 1.16. The molecule has 1 aromatic rings. The van der Waals surface area contributed by atoms with Crippen molar-refractivity contribution < 1.29 is 19.4 Å². The Morgan fingerprint density at radius 1 is 1.45 bits per heavy atom. The van der Waals surface area contributed by atoms with Gasteiger partial charge < -0.3 is 20.6 Å². The molecule has 0 aliphatic rings. The predicted octanol–water partition coefficient (Wildman–Crippen LogP) is 0.482. The van der Waals surface area contributed by atoms with Gasteiger partial charge in [-0.3, -0.25) is 9.59 Å². The van der Waals surface area contributed by atoms with Crippen LogP contribution in [0.25, 0.3) is 0 Å². The summed E-state index contributed by atoms with van der Waals surface area (Å²) in [5.74, 6) is -2.55. The lowest BCUT2D eigenvalue weighted by atomic mass is 9.85. The number of aromatic amines is 1. The van der Waals surface area contributed by atoms with Gasteiger partial charge in [0.15, 0.2) is 0 Å². The summed E-state index contributed by atoms with van der Waals surface area (Å²) in [5, 5.41) is 10.1. The molecule has 0 spiro atoms. The molecule has 0 radical (unpaired) electrons. The highest BCUT2D eigenvalue weighted by atomic mass is 16.5. The van der Waals surface area contributed by atoms with Gasteiger partial charge in [-0.05, 0) is 5.92 Å². The zero-order chi connectivity index (χ0) is 15.4. The first-order chi connectivity index (χ1) is 9.29. The van der Waals surface area contributed by atoms with Gasteiger partial charge in [0.2, 0.25) is 5.91 Å². The highest BCUT2D eigenvalue weighted by Gasteiger charge is 2.27. The second-order valence-electron chi connectivity index (χ2n) is 4.81. The minimum absolute atomic E-state index is 0.0262. The number of pyridine rings is 1. The summed E-state index contributed by atoms with van der Waals surface area (Å²) in [6.07, 6.45) is 0.980. The van der Waals surface area contributed by atoms with Gasteiger partial charge in [-0.15, -0.1) is 0 Å². The Balaban J connectivity index is 3.44. The van der Waals surface area contributed by atoms with Crippen LogP contribution in [0.3, 0.4) is 0 Å². The number of carbonyl (C=O) groups excluding carboxylic acids is 2. The van der Waals surface area contributed by atoms with E-state index < -0.39 is 29.1 Å². The predicted molar refractivity (Wildman–Crippen MR) is 71.5 cm³/mol. The average Bonchev–Trinajstić information content (AvgIpc) is 2.36. The molecule has 0 saturated heterocycles. The Bertz CT molecular complexity index is 577. The fraction of sp³-hybridized carbons (Fsp3) is 0.462. The molecule has 1 rings (SSSR count). The molecule has 1 atom stereocenters. The largest absolute Gasteiger partial charge is 0.506 e. The van der Waals surface area contributed by atoms with E-state index in [2.05, 4.69) is 9.72 Å². The molecule has 0 bridgehead atoms. The highest BCUT2D eigenvalue weighted by Crippen LogP contribution is 2.33. The summed E-state index contributed by atoms with van der Waals surface area (Å²) in [4.78, 5) is 36.9. The number of aromatic hydroxyl groups is 1. The highest BCUT2D eigenvalue weighted by molar-refractivity contribution is 5.92. The first-order valence-electron chi connectivity index (χ1n) is 6.10. The Kier molecular flexibility index (Phi) is 4.90. The third-order valence-corrected chi connectivity index (χ3v) is 3.10. The lowest BCUT2D eigenvalue weighted by molar-refractivity contribution is -0.118. The minimum atomic E-state index is -0.776. The van der Waals surface area contributed by atoms with Gasteiger partial charge in [0.1, 0.15) is 11.3 Å². The number of nitrogens with two attached hydrogens (primary N) is 1. The van der Waals surface area contributed by atoms with Crippen LogP contribution in [0, 0.1) is 5.92 Å². The van der Waals surface area contributed by atoms with Crippen LogP contribution in [0.4, 0.5) is 0 Å². The van der Waals surface area contributed by atoms with Crippen molar-refractivity contribution in [2.45, 2.75) is 26.2 Å². The minimum Gasteiger partial charge on any atom is -0.506 e. The number of amides is 1. The first kappa shape index (κ1) is 15.7. The lowest BCUT2D eigenvalue weighted by Crippen LogP contribution is -2.25. The average molecular weight is 282 g/mol. The fourth-order valence-electron chi connectivity index (χ4n) is 2.03. The zero-order valence-electron chi connectivity index (χ0n) is 11.6. The van der Waals surface area contributed by atoms with Gasteiger partial charge in [0, 0.05) is 18.5 Å². The smallest absolute Gasteiger partial charge is 0.343 e. The van der Waals surface area contributed by atoms with Gasteiger partial charge in [-0.25, -0.2) is 4.79 Å². The van der Waals surface area contributed by atoms with Crippen LogP contribution in [-0.4, -0.2) is 29.1 Å². The number of ether oxygens (including phenoxy) is 1. The molecule has 110 valence electrons. The molecule has 0 fully saturated rings. The van der Waals surface area contributed by atoms with Crippen LogP contribution in [0.2, 0.25) is 0 Å². The molecule has 0 saturated carbocycles. The normalized spacial score (nSPS) is 12.2. The topological polar surface area (TPSA) is 122 Å². The summed E-state index contributed by atoms with van der Waals surface area (Å²) in [5.41, 5.74) is 4.43. The van der Waals surface area contributed by atoms with E-state index in [-0.39, 0.29) is 23.5 Å². The molecule has 1 amide bonds. The molecule has 7 nitrogen and oxygen atoms in total. The van der Waals surface area contributed by atoms with Gasteiger partial charge >= 0.3 is 5.97 Å². The van der Waals surface area contributed by atoms with Crippen molar-refractivity contribution in [2.24, 2.45) is 11.7 Å². The molecule has 7 heteroatoms. The van der Waals surface area contributed by atoms with E-state index in [1.54, 1.807) is 13.8 Å². The Morgan fingerprint density at radius 2 is 2.05 bits per heavy atom. The van der Waals surface area contributed by atoms with E-state index in [9.17, 15) is 19.5 Å². The monoisotopic (exact) mass is 282 g/mol. The van der Waals surface area contributed by atoms with Gasteiger partial charge in [0.05, 0.1) is 12.7 Å². The summed E-state index contributed by atoms with van der Waals surface area (Å²) >= 11 is 0. The van der Waals surface area contributed by atoms with E-state index >= 15 is 0 Å². The number of hydrogen-bond donors (Lipinski definition) is 3. The van der Waals surface area contributed by atoms with E-state index in [1.807, 2.05) is 0 Å². The molecule has 4 N–H and O–H groups in total. The van der Waals surface area contributed by atoms with Crippen molar-refractivity contribution >= 4 is 11.9 Å². The fourth-order valence-corrected chi connectivity index (χ4v) is 2.03. The zero-order valence-corrected chi connectivity index (χ0v) is 11.6. The second-order valence-corrected chi connectivity index (χ2v) is 4.81. The maximum Gasteiger partial charge on any atom is 0.343 e. The number of nitrogens with one attached hydrogen (secondary N) is 1. The molecule has 20 heavy (non-hydrogen) atoms. The SMILES string of the molecule is COC(=O)c1c[nH]c(=O)c(C(CC(N)=O)C(C)C)c1O. The van der Waals surface area contributed by atoms with Crippen LogP contribution in [0.5, 0.6) is 5.75 Å². The van der Waals surface area contributed by atoms with Crippen molar-refractivity contribution in [2.75, 3.05) is 7.11 Å². The lowest BCUT2D eigenvalue weighted by Gasteiger charge is -2.20. The van der Waals surface area contributed by atoms with Crippen molar-refractivity contribution in [1.82, 2.24) is 4.98 Å². The molecule has 1 aromatic heterocycles. The number of rotatable bonds is 5. The third kappa shape index (κ3) is 3.17. The number of primary amides is 1. The van der Waals surface area contributed by atoms with E-state index in [0.717, 1.165) is 13.3 Å². The summed E-state index contributed by atoms with van der Waals surface area (Å²) in [6, 6.07) is 0. The van der Waals surface area contributed by atoms with E-state index in [1.165, 1.54) is 0 Å². The van der Waals surface area contributed by atoms with Crippen LogP contribution >= 0.6 is 0 Å². The molecule has 0 aromatic carbocycles. The molecule has 1 heterocycles. The van der Waals surface area contributed by atoms with Gasteiger partial charge in [0.25, 0.3) is 5.56 Å². The number of H-pyrrole nitrogens is 1. The van der Waals surface area contributed by atoms with Crippen LogP contribution in [0.1, 0.15) is 42.1 Å². The summed E-state index contributed by atoms with van der Waals surface area (Å²) in [6.45, 7) is 3.58. The van der Waals surface area contributed by atoms with Gasteiger partial charge in [-0.2, -0.15) is 0 Å². The van der Waals surface area contributed by atoms with Crippen molar-refractivity contribution in [1.29, 1.82) is 0 Å². The molecule has 0 aliphatic carbocycles. The second kappa shape index (κ2) is 6.23. The Labute approximate surface area is 115 Å². The van der Waals surface area contributed by atoms with Crippen LogP contribution in [0.15, 0.2) is 11.0 Å². The quantitative estimate of drug-likeness (QED) is 0.678. The third-order valence-electron chi connectivity index (χ3n) is 3.10. The van der Waals surface area contributed by atoms with Crippen molar-refractivity contribution in [3.63, 3.8) is 0 Å². The molecular formula is C13H18N2O5. The maximum atomic E-state index is 11.9. The number of methoxy groups -OCH3 is 1. The van der Waals surface area contributed by atoms with Gasteiger partial charge in [-0.1, -0.05) is 13.8 Å². The number of carbonyl (C=O) groups is 2. The van der Waals surface area contributed by atoms with E-state index in [0.29, 0.717) is 0 Å². The number of esters is 1. The maximum absolute atomic E-state index is 11.9. The molecule has 0 aliphatic heterocycles. The number of hydrogen-bond acceptors (Lipinski definition) is 5. The van der Waals surface area contributed by atoms with Crippen molar-refractivity contribution in [3.8, 4) is 5.75 Å². The van der Waals surface area contributed by atoms with Crippen LogP contribution < -0.4 is 11.3 Å². The standard InChI is InChI=1S/C13H18N2O5/c1-6(2)7(4-9(14)16)10-11(17)8(13(19)20-3)5-15-12(10)18/h5-7H,4H2,1-3H3,(H2,14,16)(H2,15,17,18). The summed E-state index contributed by atoms with van der Waals surface area (Å²) < 4.78 is 4.52.